The molecule has 62 heavy (non-hydrogen) atoms. The first kappa shape index (κ1) is 35.5. The normalized spacial score (nSPS) is 11.5. The number of aromatic nitrogens is 4. The van der Waals surface area contributed by atoms with Crippen LogP contribution < -0.4 is 0 Å². The maximum atomic E-state index is 6.96. The van der Waals surface area contributed by atoms with Crippen LogP contribution >= 0.6 is 0 Å². The predicted octanol–water partition coefficient (Wildman–Crippen LogP) is 14.9. The van der Waals surface area contributed by atoms with E-state index in [-0.39, 0.29) is 0 Å². The Morgan fingerprint density at radius 2 is 0.790 bits per heavy atom. The number of furan rings is 1. The van der Waals surface area contributed by atoms with Gasteiger partial charge in [0.1, 0.15) is 5.58 Å². The molecule has 12 aromatic rings. The zero-order chi connectivity index (χ0) is 41.0. The Morgan fingerprint density at radius 3 is 1.39 bits per heavy atom. The minimum Gasteiger partial charge on any atom is -0.454 e. The summed E-state index contributed by atoms with van der Waals surface area (Å²) in [6.45, 7) is 0. The average Bonchev–Trinajstić information content (AvgIpc) is 3.90. The zero-order valence-electron chi connectivity index (χ0n) is 33.5. The van der Waals surface area contributed by atoms with Crippen molar-refractivity contribution >= 4 is 43.7 Å². The number of hydrogen-bond donors (Lipinski definition) is 0. The highest BCUT2D eigenvalue weighted by molar-refractivity contribution is 6.16. The lowest BCUT2D eigenvalue weighted by Gasteiger charge is -2.11. The molecule has 12 rings (SSSR count). The van der Waals surface area contributed by atoms with E-state index >= 15 is 0 Å². The largest absolute Gasteiger partial charge is 0.454 e. The molecule has 0 spiro atoms. The molecule has 0 N–H and O–H groups in total. The molecular formula is C57H36N4O. The predicted molar refractivity (Wildman–Crippen MR) is 254 cm³/mol. The molecule has 0 saturated heterocycles. The summed E-state index contributed by atoms with van der Waals surface area (Å²) in [7, 11) is 0. The van der Waals surface area contributed by atoms with Crippen molar-refractivity contribution in [3.05, 3.63) is 218 Å². The van der Waals surface area contributed by atoms with Crippen molar-refractivity contribution in [2.75, 3.05) is 0 Å². The van der Waals surface area contributed by atoms with Gasteiger partial charge in [-0.15, -0.1) is 0 Å². The Morgan fingerprint density at radius 1 is 0.323 bits per heavy atom. The highest BCUT2D eigenvalue weighted by Gasteiger charge is 2.22. The molecule has 5 heteroatoms. The van der Waals surface area contributed by atoms with Crippen LogP contribution in [0.1, 0.15) is 0 Å². The van der Waals surface area contributed by atoms with Crippen LogP contribution in [0.3, 0.4) is 0 Å². The van der Waals surface area contributed by atoms with Gasteiger partial charge in [0.15, 0.2) is 23.1 Å². The molecule has 0 aliphatic rings. The molecule has 0 aliphatic heterocycles. The van der Waals surface area contributed by atoms with Crippen molar-refractivity contribution in [3.8, 4) is 73.2 Å². The fraction of sp³-hybridized carbons (Fsp3) is 0. The first-order chi connectivity index (χ1) is 30.7. The van der Waals surface area contributed by atoms with Gasteiger partial charge in [0, 0.05) is 38.2 Å². The second-order valence-electron chi connectivity index (χ2n) is 15.6. The second-order valence-corrected chi connectivity index (χ2v) is 15.6. The molecule has 9 aromatic carbocycles. The minimum atomic E-state index is 0.580. The van der Waals surface area contributed by atoms with E-state index in [1.165, 1.54) is 33.0 Å². The second kappa shape index (κ2) is 14.7. The molecule has 0 atom stereocenters. The Hall–Kier alpha value is -8.41. The minimum absolute atomic E-state index is 0.580. The van der Waals surface area contributed by atoms with Crippen molar-refractivity contribution < 1.29 is 4.42 Å². The van der Waals surface area contributed by atoms with Gasteiger partial charge in [0.2, 0.25) is 0 Å². The third-order valence-electron chi connectivity index (χ3n) is 11.9. The van der Waals surface area contributed by atoms with Crippen LogP contribution in [-0.4, -0.2) is 19.5 Å². The van der Waals surface area contributed by atoms with Crippen molar-refractivity contribution in [2.45, 2.75) is 0 Å². The molecule has 0 aliphatic carbocycles. The first-order valence-corrected chi connectivity index (χ1v) is 20.8. The van der Waals surface area contributed by atoms with E-state index in [9.17, 15) is 0 Å². The lowest BCUT2D eigenvalue weighted by Crippen LogP contribution is -2.00. The number of fused-ring (bicyclic) bond motifs is 6. The summed E-state index contributed by atoms with van der Waals surface area (Å²) in [5, 5.41) is 4.29. The summed E-state index contributed by atoms with van der Waals surface area (Å²) in [6, 6.07) is 76.3. The van der Waals surface area contributed by atoms with Gasteiger partial charge in [-0.05, 0) is 75.8 Å². The molecule has 3 aromatic heterocycles. The fourth-order valence-corrected chi connectivity index (χ4v) is 8.91. The van der Waals surface area contributed by atoms with E-state index in [0.29, 0.717) is 17.5 Å². The van der Waals surface area contributed by atoms with Gasteiger partial charge in [-0.25, -0.2) is 15.0 Å². The first-order valence-electron chi connectivity index (χ1n) is 20.8. The van der Waals surface area contributed by atoms with Crippen LogP contribution in [0, 0.1) is 0 Å². The van der Waals surface area contributed by atoms with Crippen molar-refractivity contribution in [2.24, 2.45) is 0 Å². The Kier molecular flexibility index (Phi) is 8.42. The van der Waals surface area contributed by atoms with Crippen LogP contribution in [0.5, 0.6) is 0 Å². The third kappa shape index (κ3) is 6.06. The smallest absolute Gasteiger partial charge is 0.164 e. The van der Waals surface area contributed by atoms with Crippen LogP contribution in [-0.2, 0) is 0 Å². The van der Waals surface area contributed by atoms with Gasteiger partial charge in [-0.2, -0.15) is 0 Å². The molecule has 0 fully saturated rings. The number of benzene rings is 9. The molecule has 5 nitrogen and oxygen atoms in total. The van der Waals surface area contributed by atoms with E-state index in [1.807, 2.05) is 48.5 Å². The molecular weight excluding hydrogens is 757 g/mol. The standard InChI is InChI=1S/C57H36N4O/c1-5-16-37(17-6-1)41-24-13-25-44(34-41)56-58-55(40-22-11-4-12-23-40)59-57(60-56)46-27-15-29-52-53(46)45-26-14-28-51(54(45)62-52)61-49-32-30-42(38-18-7-2-8-19-38)35-47(49)48-36-43(31-33-50(48)61)39-20-9-3-10-21-39/h1-36H. The number of hydrogen-bond acceptors (Lipinski definition) is 4. The fourth-order valence-electron chi connectivity index (χ4n) is 8.91. The third-order valence-corrected chi connectivity index (χ3v) is 11.9. The van der Waals surface area contributed by atoms with E-state index in [1.54, 1.807) is 0 Å². The highest BCUT2D eigenvalue weighted by atomic mass is 16.3. The van der Waals surface area contributed by atoms with E-state index in [0.717, 1.165) is 66.5 Å². The zero-order valence-corrected chi connectivity index (χ0v) is 33.5. The van der Waals surface area contributed by atoms with Gasteiger partial charge in [-0.1, -0.05) is 176 Å². The van der Waals surface area contributed by atoms with Crippen LogP contribution in [0.15, 0.2) is 223 Å². The van der Waals surface area contributed by atoms with Crippen molar-refractivity contribution in [1.82, 2.24) is 19.5 Å². The van der Waals surface area contributed by atoms with E-state index in [2.05, 4.69) is 174 Å². The summed E-state index contributed by atoms with van der Waals surface area (Å²) in [6.07, 6.45) is 0. The molecule has 0 unspecified atom stereocenters. The summed E-state index contributed by atoms with van der Waals surface area (Å²) in [4.78, 5) is 15.5. The summed E-state index contributed by atoms with van der Waals surface area (Å²) >= 11 is 0. The van der Waals surface area contributed by atoms with Crippen molar-refractivity contribution in [1.29, 1.82) is 0 Å². The highest BCUT2D eigenvalue weighted by Crippen LogP contribution is 2.43. The Bertz CT molecular complexity index is 3520. The maximum absolute atomic E-state index is 6.96. The topological polar surface area (TPSA) is 56.7 Å². The van der Waals surface area contributed by atoms with Gasteiger partial charge in [-0.3, -0.25) is 0 Å². The van der Waals surface area contributed by atoms with Gasteiger partial charge in [0.25, 0.3) is 0 Å². The monoisotopic (exact) mass is 792 g/mol. The van der Waals surface area contributed by atoms with Crippen molar-refractivity contribution in [3.63, 3.8) is 0 Å². The molecule has 0 radical (unpaired) electrons. The van der Waals surface area contributed by atoms with Gasteiger partial charge >= 0.3 is 0 Å². The summed E-state index contributed by atoms with van der Waals surface area (Å²) in [5.41, 5.74) is 14.4. The van der Waals surface area contributed by atoms with Crippen LogP contribution in [0.4, 0.5) is 0 Å². The number of nitrogens with zero attached hydrogens (tertiary/aromatic N) is 4. The van der Waals surface area contributed by atoms with Gasteiger partial charge < -0.3 is 8.98 Å². The lowest BCUT2D eigenvalue weighted by molar-refractivity contribution is 0.666. The van der Waals surface area contributed by atoms with Gasteiger partial charge in [0.05, 0.1) is 16.7 Å². The number of rotatable bonds is 7. The molecule has 0 amide bonds. The lowest BCUT2D eigenvalue weighted by atomic mass is 10.0. The maximum Gasteiger partial charge on any atom is 0.164 e. The molecule has 0 bridgehead atoms. The molecule has 290 valence electrons. The SMILES string of the molecule is c1ccc(-c2cccc(-c3nc(-c4ccccc4)nc(-c4cccc5oc6c(-n7c8ccc(-c9ccccc9)cc8c8cc(-c9ccccc9)ccc87)cccc6c45)n3)c2)cc1. The van der Waals surface area contributed by atoms with Crippen LogP contribution in [0.2, 0.25) is 0 Å². The summed E-state index contributed by atoms with van der Waals surface area (Å²) < 4.78 is 9.31. The Balaban J connectivity index is 1.07. The van der Waals surface area contributed by atoms with Crippen LogP contribution in [0.25, 0.3) is 117 Å². The molecule has 0 saturated carbocycles. The average molecular weight is 793 g/mol. The van der Waals surface area contributed by atoms with E-state index in [4.69, 9.17) is 19.4 Å². The Labute approximate surface area is 357 Å². The summed E-state index contributed by atoms with van der Waals surface area (Å²) in [5.74, 6) is 1.79. The quantitative estimate of drug-likeness (QED) is 0.161. The van der Waals surface area contributed by atoms with E-state index < -0.39 is 0 Å². The molecule has 3 heterocycles. The number of para-hydroxylation sites is 1.